The van der Waals surface area contributed by atoms with Gasteiger partial charge in [-0.05, 0) is 36.4 Å². The number of benzene rings is 2. The Morgan fingerprint density at radius 1 is 1.00 bits per heavy atom. The Morgan fingerprint density at radius 2 is 1.68 bits per heavy atom. The third-order valence-corrected chi connectivity index (χ3v) is 3.05. The number of halogens is 1. The van der Waals surface area contributed by atoms with Crippen LogP contribution in [-0.4, -0.2) is 11.7 Å². The topological polar surface area (TPSA) is 46.2 Å². The quantitative estimate of drug-likeness (QED) is 0.878. The highest BCUT2D eigenvalue weighted by Gasteiger charge is 2.09. The lowest BCUT2D eigenvalue weighted by Crippen LogP contribution is -2.06. The summed E-state index contributed by atoms with van der Waals surface area (Å²) in [6.45, 7) is 1.44. The number of hydrogen-bond acceptors (Lipinski definition) is 2. The average Bonchev–Trinajstić information content (AvgIpc) is 2.38. The SMILES string of the molecule is CC(=O)Nc1ccc(C(=O)c2cccc(Br)c2)cc1. The predicted molar refractivity (Wildman–Crippen MR) is 78.3 cm³/mol. The number of hydrogen-bond donors (Lipinski definition) is 1. The van der Waals surface area contributed by atoms with Crippen molar-refractivity contribution in [1.82, 2.24) is 0 Å². The molecule has 96 valence electrons. The van der Waals surface area contributed by atoms with Crippen molar-refractivity contribution in [3.8, 4) is 0 Å². The molecule has 0 aromatic heterocycles. The smallest absolute Gasteiger partial charge is 0.221 e. The van der Waals surface area contributed by atoms with Crippen molar-refractivity contribution in [2.24, 2.45) is 0 Å². The van der Waals surface area contributed by atoms with E-state index in [1.165, 1.54) is 6.92 Å². The van der Waals surface area contributed by atoms with E-state index in [0.29, 0.717) is 16.8 Å². The van der Waals surface area contributed by atoms with Crippen molar-refractivity contribution in [1.29, 1.82) is 0 Å². The van der Waals surface area contributed by atoms with Crippen LogP contribution in [-0.2, 0) is 4.79 Å². The largest absolute Gasteiger partial charge is 0.326 e. The van der Waals surface area contributed by atoms with E-state index in [2.05, 4.69) is 21.2 Å². The van der Waals surface area contributed by atoms with Crippen LogP contribution in [0.15, 0.2) is 53.0 Å². The molecule has 0 radical (unpaired) electrons. The Balaban J connectivity index is 2.22. The summed E-state index contributed by atoms with van der Waals surface area (Å²) in [4.78, 5) is 23.1. The normalized spacial score (nSPS) is 10.0. The molecule has 19 heavy (non-hydrogen) atoms. The standard InChI is InChI=1S/C15H12BrNO2/c1-10(18)17-14-7-5-11(6-8-14)15(19)12-3-2-4-13(16)9-12/h2-9H,1H3,(H,17,18). The predicted octanol–water partition coefficient (Wildman–Crippen LogP) is 3.64. The van der Waals surface area contributed by atoms with Gasteiger partial charge >= 0.3 is 0 Å². The van der Waals surface area contributed by atoms with Gasteiger partial charge in [0, 0.05) is 28.2 Å². The number of carbonyl (C=O) groups is 2. The summed E-state index contributed by atoms with van der Waals surface area (Å²) in [6, 6.07) is 14.1. The van der Waals surface area contributed by atoms with Crippen LogP contribution < -0.4 is 5.32 Å². The summed E-state index contributed by atoms with van der Waals surface area (Å²) in [7, 11) is 0. The first kappa shape index (κ1) is 13.5. The maximum atomic E-state index is 12.2. The molecule has 0 bridgehead atoms. The van der Waals surface area contributed by atoms with E-state index in [-0.39, 0.29) is 11.7 Å². The van der Waals surface area contributed by atoms with E-state index in [1.54, 1.807) is 36.4 Å². The van der Waals surface area contributed by atoms with Crippen LogP contribution in [0, 0.1) is 0 Å². The van der Waals surface area contributed by atoms with Crippen molar-refractivity contribution >= 4 is 33.3 Å². The molecule has 0 saturated carbocycles. The molecule has 2 rings (SSSR count). The Bertz CT molecular complexity index is 620. The maximum absolute atomic E-state index is 12.2. The summed E-state index contributed by atoms with van der Waals surface area (Å²) in [5, 5.41) is 2.66. The molecule has 1 amide bonds. The van der Waals surface area contributed by atoms with Crippen molar-refractivity contribution in [2.45, 2.75) is 6.92 Å². The molecule has 1 N–H and O–H groups in total. The highest BCUT2D eigenvalue weighted by atomic mass is 79.9. The number of rotatable bonds is 3. The van der Waals surface area contributed by atoms with Crippen LogP contribution >= 0.6 is 15.9 Å². The molecule has 0 spiro atoms. The number of anilines is 1. The zero-order valence-electron chi connectivity index (χ0n) is 10.3. The first-order valence-corrected chi connectivity index (χ1v) is 6.53. The molecule has 2 aromatic rings. The van der Waals surface area contributed by atoms with E-state index >= 15 is 0 Å². The monoisotopic (exact) mass is 317 g/mol. The molecular formula is C15H12BrNO2. The van der Waals surface area contributed by atoms with Crippen LogP contribution in [0.2, 0.25) is 0 Å². The highest BCUT2D eigenvalue weighted by molar-refractivity contribution is 9.10. The molecular weight excluding hydrogens is 306 g/mol. The van der Waals surface area contributed by atoms with Gasteiger partial charge in [0.25, 0.3) is 0 Å². The van der Waals surface area contributed by atoms with E-state index in [0.717, 1.165) is 4.47 Å². The molecule has 0 unspecified atom stereocenters. The van der Waals surface area contributed by atoms with Gasteiger partial charge in [-0.3, -0.25) is 9.59 Å². The van der Waals surface area contributed by atoms with E-state index in [9.17, 15) is 9.59 Å². The Kier molecular flexibility index (Phi) is 4.12. The Labute approximate surface area is 119 Å². The fourth-order valence-electron chi connectivity index (χ4n) is 1.70. The van der Waals surface area contributed by atoms with Gasteiger partial charge in [0.2, 0.25) is 5.91 Å². The van der Waals surface area contributed by atoms with Gasteiger partial charge in [0.05, 0.1) is 0 Å². The number of carbonyl (C=O) groups excluding carboxylic acids is 2. The summed E-state index contributed by atoms with van der Waals surface area (Å²) >= 11 is 3.34. The first-order chi connectivity index (χ1) is 9.06. The van der Waals surface area contributed by atoms with Gasteiger partial charge in [0.1, 0.15) is 0 Å². The van der Waals surface area contributed by atoms with Gasteiger partial charge in [0.15, 0.2) is 5.78 Å². The lowest BCUT2D eigenvalue weighted by atomic mass is 10.0. The van der Waals surface area contributed by atoms with E-state index in [1.807, 2.05) is 12.1 Å². The molecule has 0 saturated heterocycles. The molecule has 2 aromatic carbocycles. The van der Waals surface area contributed by atoms with Crippen LogP contribution in [0.25, 0.3) is 0 Å². The van der Waals surface area contributed by atoms with E-state index < -0.39 is 0 Å². The molecule has 0 atom stereocenters. The molecule has 0 aliphatic heterocycles. The lowest BCUT2D eigenvalue weighted by molar-refractivity contribution is -0.114. The number of amides is 1. The third kappa shape index (κ3) is 3.51. The van der Waals surface area contributed by atoms with Crippen LogP contribution in [0.1, 0.15) is 22.8 Å². The summed E-state index contributed by atoms with van der Waals surface area (Å²) in [6.07, 6.45) is 0. The zero-order valence-corrected chi connectivity index (χ0v) is 11.9. The molecule has 4 heteroatoms. The van der Waals surface area contributed by atoms with Crippen LogP contribution in [0.3, 0.4) is 0 Å². The Hall–Kier alpha value is -1.94. The maximum Gasteiger partial charge on any atom is 0.221 e. The van der Waals surface area contributed by atoms with Crippen LogP contribution in [0.4, 0.5) is 5.69 Å². The second-order valence-electron chi connectivity index (χ2n) is 4.10. The summed E-state index contributed by atoms with van der Waals surface area (Å²) in [5.41, 5.74) is 1.90. The fourth-order valence-corrected chi connectivity index (χ4v) is 2.10. The molecule has 3 nitrogen and oxygen atoms in total. The van der Waals surface area contributed by atoms with Crippen molar-refractivity contribution in [3.05, 3.63) is 64.1 Å². The second kappa shape index (κ2) is 5.80. The number of ketones is 1. The minimum Gasteiger partial charge on any atom is -0.326 e. The van der Waals surface area contributed by atoms with Crippen molar-refractivity contribution < 1.29 is 9.59 Å². The Morgan fingerprint density at radius 3 is 2.26 bits per heavy atom. The van der Waals surface area contributed by atoms with Crippen molar-refractivity contribution in [3.63, 3.8) is 0 Å². The average molecular weight is 318 g/mol. The molecule has 0 aliphatic rings. The molecule has 0 fully saturated rings. The molecule has 0 heterocycles. The third-order valence-electron chi connectivity index (χ3n) is 2.55. The van der Waals surface area contributed by atoms with Crippen molar-refractivity contribution in [2.75, 3.05) is 5.32 Å². The zero-order chi connectivity index (χ0) is 13.8. The van der Waals surface area contributed by atoms with Crippen LogP contribution in [0.5, 0.6) is 0 Å². The van der Waals surface area contributed by atoms with Gasteiger partial charge < -0.3 is 5.32 Å². The summed E-state index contributed by atoms with van der Waals surface area (Å²) < 4.78 is 0.869. The van der Waals surface area contributed by atoms with Gasteiger partial charge in [-0.25, -0.2) is 0 Å². The minimum atomic E-state index is -0.133. The second-order valence-corrected chi connectivity index (χ2v) is 5.01. The number of nitrogens with one attached hydrogen (secondary N) is 1. The van der Waals surface area contributed by atoms with Gasteiger partial charge in [-0.2, -0.15) is 0 Å². The van der Waals surface area contributed by atoms with Gasteiger partial charge in [-0.1, -0.05) is 28.1 Å². The molecule has 0 aliphatic carbocycles. The fraction of sp³-hybridized carbons (Fsp3) is 0.0667. The highest BCUT2D eigenvalue weighted by Crippen LogP contribution is 2.17. The van der Waals surface area contributed by atoms with E-state index in [4.69, 9.17) is 0 Å². The summed E-state index contributed by atoms with van der Waals surface area (Å²) in [5.74, 6) is -0.179. The lowest BCUT2D eigenvalue weighted by Gasteiger charge is -2.04. The van der Waals surface area contributed by atoms with Gasteiger partial charge in [-0.15, -0.1) is 0 Å². The first-order valence-electron chi connectivity index (χ1n) is 5.74. The minimum absolute atomic E-state index is 0.0457.